The van der Waals surface area contributed by atoms with Crippen LogP contribution in [0.4, 0.5) is 0 Å². The van der Waals surface area contributed by atoms with Crippen LogP contribution >= 0.6 is 0 Å². The Hall–Kier alpha value is -0.920. The van der Waals surface area contributed by atoms with E-state index in [1.165, 1.54) is 25.4 Å². The average molecular weight is 290 g/mol. The lowest BCUT2D eigenvalue weighted by Crippen LogP contribution is -2.39. The van der Waals surface area contributed by atoms with Crippen LogP contribution in [-0.4, -0.2) is 57.3 Å². The second kappa shape index (κ2) is 7.02. The highest BCUT2D eigenvalue weighted by Gasteiger charge is 2.22. The number of allylic oxidation sites excluding steroid dienone is 2. The number of nitrogens with zero attached hydrogens (tertiary/aromatic N) is 2. The van der Waals surface area contributed by atoms with Crippen LogP contribution in [0.5, 0.6) is 0 Å². The maximum atomic E-state index is 11.7. The van der Waals surface area contributed by atoms with E-state index >= 15 is 0 Å². The Morgan fingerprint density at radius 1 is 1.32 bits per heavy atom. The van der Waals surface area contributed by atoms with Crippen LogP contribution in [-0.2, 0) is 19.7 Å². The Morgan fingerprint density at radius 3 is 2.53 bits per heavy atom. The lowest BCUT2D eigenvalue weighted by Gasteiger charge is -2.22. The van der Waals surface area contributed by atoms with Gasteiger partial charge in [0.05, 0.1) is 5.92 Å². The van der Waals surface area contributed by atoms with Gasteiger partial charge in [0.25, 0.3) is 10.2 Å². The molecule has 0 amide bonds. The molecule has 1 aliphatic rings. The molecule has 0 unspecified atom stereocenters. The number of rotatable bonds is 6. The summed E-state index contributed by atoms with van der Waals surface area (Å²) in [5.41, 5.74) is 0. The Bertz CT molecular complexity index is 431. The molecule has 0 aliphatic heterocycles. The number of likely N-dealkylation sites (N-methyl/N-ethyl adjacent to an activating group) is 1. The summed E-state index contributed by atoms with van der Waals surface area (Å²) < 4.78 is 30.8. The lowest BCUT2D eigenvalue weighted by atomic mass is 9.95. The summed E-state index contributed by atoms with van der Waals surface area (Å²) in [7, 11) is 0.958. The third-order valence-corrected chi connectivity index (χ3v) is 5.00. The summed E-state index contributed by atoms with van der Waals surface area (Å²) in [4.78, 5) is 11.7. The van der Waals surface area contributed by atoms with Crippen molar-refractivity contribution >= 4 is 16.2 Å². The molecule has 0 spiro atoms. The van der Waals surface area contributed by atoms with Crippen molar-refractivity contribution in [2.24, 2.45) is 5.92 Å². The lowest BCUT2D eigenvalue weighted by molar-refractivity contribution is -0.148. The molecular formula is C12H22N2O4S. The maximum Gasteiger partial charge on any atom is 0.309 e. The number of hydrogen-bond acceptors (Lipinski definition) is 4. The number of ether oxygens (including phenoxy) is 1. The third-order valence-electron chi connectivity index (χ3n) is 3.11. The third kappa shape index (κ3) is 4.59. The van der Waals surface area contributed by atoms with Gasteiger partial charge in [0, 0.05) is 27.7 Å². The molecule has 7 heteroatoms. The van der Waals surface area contributed by atoms with Crippen molar-refractivity contribution in [3.8, 4) is 0 Å². The van der Waals surface area contributed by atoms with Crippen LogP contribution in [0.25, 0.3) is 0 Å². The van der Waals surface area contributed by atoms with Crippen LogP contribution in [0.1, 0.15) is 19.3 Å². The largest absolute Gasteiger partial charge is 0.464 e. The van der Waals surface area contributed by atoms with Gasteiger partial charge in [-0.15, -0.1) is 0 Å². The molecule has 1 rings (SSSR count). The van der Waals surface area contributed by atoms with Crippen molar-refractivity contribution in [3.05, 3.63) is 12.2 Å². The molecule has 0 bridgehead atoms. The summed E-state index contributed by atoms with van der Waals surface area (Å²) in [6.07, 6.45) is 6.46. The fourth-order valence-electron chi connectivity index (χ4n) is 1.79. The first-order valence-corrected chi connectivity index (χ1v) is 7.71. The Labute approximate surface area is 115 Å². The highest BCUT2D eigenvalue weighted by molar-refractivity contribution is 7.86. The zero-order valence-corrected chi connectivity index (χ0v) is 12.5. The molecule has 0 heterocycles. The van der Waals surface area contributed by atoms with E-state index in [9.17, 15) is 13.2 Å². The van der Waals surface area contributed by atoms with Crippen LogP contribution in [0, 0.1) is 5.92 Å². The predicted octanol–water partition coefficient (Wildman–Crippen LogP) is 0.624. The molecule has 0 fully saturated rings. The molecule has 6 nitrogen and oxygen atoms in total. The zero-order chi connectivity index (χ0) is 14.5. The van der Waals surface area contributed by atoms with Gasteiger partial charge in [-0.05, 0) is 19.3 Å². The fraction of sp³-hybridized carbons (Fsp3) is 0.750. The Balaban J connectivity index is 2.34. The van der Waals surface area contributed by atoms with E-state index in [4.69, 9.17) is 4.74 Å². The molecule has 110 valence electrons. The molecule has 0 radical (unpaired) electrons. The molecule has 0 N–H and O–H groups in total. The summed E-state index contributed by atoms with van der Waals surface area (Å²) >= 11 is 0. The van der Waals surface area contributed by atoms with E-state index in [2.05, 4.69) is 6.08 Å². The van der Waals surface area contributed by atoms with Crippen molar-refractivity contribution in [1.29, 1.82) is 0 Å². The van der Waals surface area contributed by atoms with Crippen molar-refractivity contribution in [1.82, 2.24) is 8.61 Å². The SMILES string of the molecule is CN(C)S(=O)(=O)N(C)CCOC(=O)[C@H]1CC=CCC1. The maximum absolute atomic E-state index is 11.7. The second-order valence-electron chi connectivity index (χ2n) is 4.76. The monoisotopic (exact) mass is 290 g/mol. The van der Waals surface area contributed by atoms with Crippen LogP contribution in [0.2, 0.25) is 0 Å². The Morgan fingerprint density at radius 2 is 2.00 bits per heavy atom. The van der Waals surface area contributed by atoms with Crippen molar-refractivity contribution < 1.29 is 17.9 Å². The molecule has 1 aliphatic carbocycles. The van der Waals surface area contributed by atoms with Gasteiger partial charge in [0.1, 0.15) is 6.61 Å². The van der Waals surface area contributed by atoms with Gasteiger partial charge in [-0.25, -0.2) is 0 Å². The first-order chi connectivity index (χ1) is 8.85. The molecular weight excluding hydrogens is 268 g/mol. The van der Waals surface area contributed by atoms with Gasteiger partial charge in [0.2, 0.25) is 0 Å². The summed E-state index contributed by atoms with van der Waals surface area (Å²) in [6.45, 7) is 0.247. The van der Waals surface area contributed by atoms with Gasteiger partial charge < -0.3 is 4.74 Å². The van der Waals surface area contributed by atoms with Gasteiger partial charge in [-0.2, -0.15) is 17.0 Å². The standard InChI is InChI=1S/C12H22N2O4S/c1-13(2)19(16,17)14(3)9-10-18-12(15)11-7-5-4-6-8-11/h4-5,11H,6-10H2,1-3H3/t11-/m0/s1. The minimum atomic E-state index is -3.44. The van der Waals surface area contributed by atoms with Crippen molar-refractivity contribution in [2.45, 2.75) is 19.3 Å². The summed E-state index contributed by atoms with van der Waals surface area (Å²) in [5.74, 6) is -0.319. The molecule has 0 saturated carbocycles. The predicted molar refractivity (Wildman–Crippen MR) is 72.7 cm³/mol. The fourth-order valence-corrected chi connectivity index (χ4v) is 2.66. The van der Waals surface area contributed by atoms with E-state index in [0.29, 0.717) is 6.42 Å². The van der Waals surface area contributed by atoms with Crippen LogP contribution < -0.4 is 0 Å². The van der Waals surface area contributed by atoms with E-state index in [0.717, 1.165) is 17.1 Å². The van der Waals surface area contributed by atoms with E-state index in [1.54, 1.807) is 0 Å². The topological polar surface area (TPSA) is 66.9 Å². The van der Waals surface area contributed by atoms with Crippen molar-refractivity contribution in [2.75, 3.05) is 34.3 Å². The normalized spacial score (nSPS) is 19.9. The first kappa shape index (κ1) is 16.1. The van der Waals surface area contributed by atoms with Crippen LogP contribution in [0.3, 0.4) is 0 Å². The zero-order valence-electron chi connectivity index (χ0n) is 11.7. The molecule has 19 heavy (non-hydrogen) atoms. The first-order valence-electron chi connectivity index (χ1n) is 6.31. The van der Waals surface area contributed by atoms with Gasteiger partial charge in [-0.1, -0.05) is 12.2 Å². The average Bonchev–Trinajstić information content (AvgIpc) is 2.39. The number of carbonyl (C=O) groups is 1. The number of hydrogen-bond donors (Lipinski definition) is 0. The Kier molecular flexibility index (Phi) is 5.96. The highest BCUT2D eigenvalue weighted by atomic mass is 32.2. The second-order valence-corrected chi connectivity index (χ2v) is 7.01. The summed E-state index contributed by atoms with van der Waals surface area (Å²) in [5, 5.41) is 0. The number of esters is 1. The van der Waals surface area contributed by atoms with E-state index < -0.39 is 10.2 Å². The smallest absolute Gasteiger partial charge is 0.309 e. The summed E-state index contributed by atoms with van der Waals surface area (Å²) in [6, 6.07) is 0. The highest BCUT2D eigenvalue weighted by Crippen LogP contribution is 2.19. The molecule has 1 atom stereocenters. The van der Waals surface area contributed by atoms with Gasteiger partial charge in [0.15, 0.2) is 0 Å². The molecule has 0 aromatic heterocycles. The van der Waals surface area contributed by atoms with E-state index in [-0.39, 0.29) is 25.0 Å². The molecule has 0 aromatic carbocycles. The quantitative estimate of drug-likeness (QED) is 0.531. The van der Waals surface area contributed by atoms with Crippen molar-refractivity contribution in [3.63, 3.8) is 0 Å². The van der Waals surface area contributed by atoms with Crippen LogP contribution in [0.15, 0.2) is 12.2 Å². The minimum absolute atomic E-state index is 0.0826. The van der Waals surface area contributed by atoms with Gasteiger partial charge >= 0.3 is 5.97 Å². The number of carbonyl (C=O) groups excluding carboxylic acids is 1. The van der Waals surface area contributed by atoms with Gasteiger partial charge in [-0.3, -0.25) is 4.79 Å². The molecule has 0 saturated heterocycles. The minimum Gasteiger partial charge on any atom is -0.464 e. The molecule has 0 aromatic rings. The van der Waals surface area contributed by atoms with E-state index in [1.807, 2.05) is 6.08 Å².